The maximum Gasteiger partial charge on any atom is 0.433 e. The molecule has 0 bridgehead atoms. The quantitative estimate of drug-likeness (QED) is 0.873. The van der Waals surface area contributed by atoms with Crippen molar-refractivity contribution in [2.45, 2.75) is 32.5 Å². The summed E-state index contributed by atoms with van der Waals surface area (Å²) in [4.78, 5) is 10.0. The minimum absolute atomic E-state index is 0.163. The van der Waals surface area contributed by atoms with Crippen LogP contribution in [0.1, 0.15) is 26.0 Å². The molecular formula is C17H22F3N5. The molecule has 8 heteroatoms. The fraction of sp³-hybridized carbons (Fsp3) is 0.412. The Morgan fingerprint density at radius 2 is 2.16 bits per heavy atom. The van der Waals surface area contributed by atoms with Gasteiger partial charge in [0.25, 0.3) is 0 Å². The number of nitrogens with zero attached hydrogens (tertiary/aromatic N) is 3. The van der Waals surface area contributed by atoms with E-state index in [1.807, 2.05) is 30.9 Å². The molecule has 0 aliphatic carbocycles. The van der Waals surface area contributed by atoms with Gasteiger partial charge in [0.15, 0.2) is 0 Å². The molecule has 2 heterocycles. The van der Waals surface area contributed by atoms with Crippen molar-refractivity contribution in [3.63, 3.8) is 0 Å². The lowest BCUT2D eigenvalue weighted by Crippen LogP contribution is -2.45. The van der Waals surface area contributed by atoms with Gasteiger partial charge in [0.05, 0.1) is 23.6 Å². The number of anilines is 1. The number of halogens is 3. The molecule has 136 valence electrons. The standard InChI is InChI=1S/C17H22F3N5/c1-3-5-14-16(22-8-4-2)24-12(9-21)11-25(14)13-6-7-15(23-10-13)17(18,19)20/h4-8,10,12H,3,9,11,21H2,1-2H3,(H,22,24)/b8-4-,14-5-. The third-order valence-electron chi connectivity index (χ3n) is 3.64. The second-order valence-electron chi connectivity index (χ2n) is 5.52. The number of aliphatic imine (C=N–C) groups is 1. The summed E-state index contributed by atoms with van der Waals surface area (Å²) < 4.78 is 38.2. The molecule has 1 unspecified atom stereocenters. The predicted molar refractivity (Wildman–Crippen MR) is 93.2 cm³/mol. The first-order valence-corrected chi connectivity index (χ1v) is 8.07. The van der Waals surface area contributed by atoms with Crippen LogP contribution in [0.15, 0.2) is 47.4 Å². The van der Waals surface area contributed by atoms with Gasteiger partial charge in [-0.2, -0.15) is 13.2 Å². The van der Waals surface area contributed by atoms with Crippen LogP contribution in [0.3, 0.4) is 0 Å². The highest BCUT2D eigenvalue weighted by molar-refractivity contribution is 6.03. The van der Waals surface area contributed by atoms with E-state index >= 15 is 0 Å². The summed E-state index contributed by atoms with van der Waals surface area (Å²) in [5.74, 6) is 0.640. The molecule has 3 N–H and O–H groups in total. The van der Waals surface area contributed by atoms with E-state index in [9.17, 15) is 13.2 Å². The maximum absolute atomic E-state index is 12.7. The smallest absolute Gasteiger partial charge is 0.346 e. The van der Waals surface area contributed by atoms with Crippen molar-refractivity contribution < 1.29 is 13.2 Å². The van der Waals surface area contributed by atoms with E-state index in [-0.39, 0.29) is 6.04 Å². The van der Waals surface area contributed by atoms with Crippen molar-refractivity contribution in [1.82, 2.24) is 10.3 Å². The van der Waals surface area contributed by atoms with E-state index < -0.39 is 11.9 Å². The minimum atomic E-state index is -4.46. The number of allylic oxidation sites excluding steroid dienone is 2. The largest absolute Gasteiger partial charge is 0.433 e. The molecule has 0 aromatic carbocycles. The Morgan fingerprint density at radius 1 is 1.40 bits per heavy atom. The van der Waals surface area contributed by atoms with Gasteiger partial charge < -0.3 is 16.0 Å². The number of amidine groups is 1. The average molecular weight is 353 g/mol. The van der Waals surface area contributed by atoms with E-state index in [1.54, 1.807) is 6.20 Å². The van der Waals surface area contributed by atoms with Gasteiger partial charge in [-0.15, -0.1) is 0 Å². The highest BCUT2D eigenvalue weighted by Crippen LogP contribution is 2.30. The summed E-state index contributed by atoms with van der Waals surface area (Å²) in [7, 11) is 0. The molecule has 0 spiro atoms. The van der Waals surface area contributed by atoms with Gasteiger partial charge in [0.1, 0.15) is 11.5 Å². The normalized spacial score (nSPS) is 20.2. The maximum atomic E-state index is 12.7. The number of hydrogen-bond donors (Lipinski definition) is 2. The second-order valence-corrected chi connectivity index (χ2v) is 5.52. The number of nitrogens with two attached hydrogens (primary N) is 1. The van der Waals surface area contributed by atoms with Crippen molar-refractivity contribution in [2.75, 3.05) is 18.0 Å². The van der Waals surface area contributed by atoms with Crippen LogP contribution >= 0.6 is 0 Å². The SMILES string of the molecule is C/C=C\NC1=NC(CN)CN(c2ccc(C(F)(F)F)nc2)/C1=C\CC. The Bertz CT molecular complexity index is 662. The van der Waals surface area contributed by atoms with Crippen molar-refractivity contribution in [3.8, 4) is 0 Å². The second kappa shape index (κ2) is 8.15. The van der Waals surface area contributed by atoms with Gasteiger partial charge in [-0.25, -0.2) is 4.98 Å². The van der Waals surface area contributed by atoms with E-state index in [4.69, 9.17) is 5.73 Å². The molecule has 0 saturated heterocycles. The highest BCUT2D eigenvalue weighted by atomic mass is 19.4. The van der Waals surface area contributed by atoms with Crippen LogP contribution in [0.5, 0.6) is 0 Å². The summed E-state index contributed by atoms with van der Waals surface area (Å²) in [6.07, 6.45) is 3.09. The van der Waals surface area contributed by atoms with E-state index in [0.29, 0.717) is 24.6 Å². The fourth-order valence-electron chi connectivity index (χ4n) is 2.49. The lowest BCUT2D eigenvalue weighted by Gasteiger charge is -2.35. The predicted octanol–water partition coefficient (Wildman–Crippen LogP) is 3.06. The number of aromatic nitrogens is 1. The number of nitrogens with one attached hydrogen (secondary N) is 1. The number of alkyl halides is 3. The molecule has 0 amide bonds. The van der Waals surface area contributed by atoms with Crippen LogP contribution in [-0.2, 0) is 6.18 Å². The van der Waals surface area contributed by atoms with Crippen molar-refractivity contribution >= 4 is 11.5 Å². The lowest BCUT2D eigenvalue weighted by atomic mass is 10.1. The zero-order valence-corrected chi connectivity index (χ0v) is 14.2. The van der Waals surface area contributed by atoms with Crippen LogP contribution in [-0.4, -0.2) is 30.0 Å². The van der Waals surface area contributed by atoms with E-state index in [2.05, 4.69) is 15.3 Å². The number of hydrogen-bond acceptors (Lipinski definition) is 5. The summed E-state index contributed by atoms with van der Waals surface area (Å²) in [5.41, 5.74) is 6.23. The Labute approximate surface area is 145 Å². The van der Waals surface area contributed by atoms with Crippen LogP contribution in [0, 0.1) is 0 Å². The van der Waals surface area contributed by atoms with E-state index in [1.165, 1.54) is 12.3 Å². The fourth-order valence-corrected chi connectivity index (χ4v) is 2.49. The summed E-state index contributed by atoms with van der Waals surface area (Å²) in [6.45, 7) is 4.68. The molecule has 1 aromatic heterocycles. The zero-order valence-electron chi connectivity index (χ0n) is 14.2. The molecule has 2 rings (SSSR count). The van der Waals surface area contributed by atoms with Gasteiger partial charge in [-0.05, 0) is 31.7 Å². The Balaban J connectivity index is 2.40. The average Bonchev–Trinajstić information content (AvgIpc) is 2.60. The molecular weight excluding hydrogens is 331 g/mol. The molecule has 1 aliphatic rings. The lowest BCUT2D eigenvalue weighted by molar-refractivity contribution is -0.141. The summed E-state index contributed by atoms with van der Waals surface area (Å²) in [6, 6.07) is 2.25. The number of pyridine rings is 1. The summed E-state index contributed by atoms with van der Waals surface area (Å²) in [5, 5.41) is 3.11. The van der Waals surface area contributed by atoms with Gasteiger partial charge in [0.2, 0.25) is 0 Å². The van der Waals surface area contributed by atoms with Gasteiger partial charge in [-0.1, -0.05) is 19.1 Å². The van der Waals surface area contributed by atoms with Crippen molar-refractivity contribution in [1.29, 1.82) is 0 Å². The number of rotatable bonds is 4. The zero-order chi connectivity index (χ0) is 18.4. The van der Waals surface area contributed by atoms with Gasteiger partial charge >= 0.3 is 6.18 Å². The van der Waals surface area contributed by atoms with E-state index in [0.717, 1.165) is 18.2 Å². The minimum Gasteiger partial charge on any atom is -0.346 e. The van der Waals surface area contributed by atoms with Crippen LogP contribution in [0.2, 0.25) is 0 Å². The topological polar surface area (TPSA) is 66.5 Å². The van der Waals surface area contributed by atoms with Gasteiger partial charge in [-0.3, -0.25) is 4.99 Å². The first kappa shape index (κ1) is 19.0. The van der Waals surface area contributed by atoms with Crippen LogP contribution in [0.25, 0.3) is 0 Å². The van der Waals surface area contributed by atoms with Crippen molar-refractivity contribution in [3.05, 3.63) is 48.1 Å². The third-order valence-corrected chi connectivity index (χ3v) is 3.64. The van der Waals surface area contributed by atoms with Crippen molar-refractivity contribution in [2.24, 2.45) is 10.7 Å². The van der Waals surface area contributed by atoms with Gasteiger partial charge in [0, 0.05) is 13.1 Å². The molecule has 1 atom stereocenters. The molecule has 0 fully saturated rings. The molecule has 5 nitrogen and oxygen atoms in total. The Morgan fingerprint density at radius 3 is 2.68 bits per heavy atom. The molecule has 1 aromatic rings. The molecule has 1 aliphatic heterocycles. The van der Waals surface area contributed by atoms with Crippen LogP contribution < -0.4 is 16.0 Å². The Hall–Kier alpha value is -2.35. The highest BCUT2D eigenvalue weighted by Gasteiger charge is 2.33. The third kappa shape index (κ3) is 4.60. The monoisotopic (exact) mass is 353 g/mol. The first-order chi connectivity index (χ1) is 11.9. The van der Waals surface area contributed by atoms with Crippen LogP contribution in [0.4, 0.5) is 18.9 Å². The first-order valence-electron chi connectivity index (χ1n) is 8.07. The summed E-state index contributed by atoms with van der Waals surface area (Å²) >= 11 is 0. The molecule has 0 saturated carbocycles. The molecule has 0 radical (unpaired) electrons. The Kier molecular flexibility index (Phi) is 6.19. The molecule has 25 heavy (non-hydrogen) atoms.